The fourth-order valence-electron chi connectivity index (χ4n) is 2.38. The second-order valence-electron chi connectivity index (χ2n) is 5.02. The lowest BCUT2D eigenvalue weighted by molar-refractivity contribution is -0.116. The summed E-state index contributed by atoms with van der Waals surface area (Å²) in [6.45, 7) is 0.517. The summed E-state index contributed by atoms with van der Waals surface area (Å²) in [5, 5.41) is 5.86. The van der Waals surface area contributed by atoms with Gasteiger partial charge in [-0.2, -0.15) is 0 Å². The summed E-state index contributed by atoms with van der Waals surface area (Å²) in [6, 6.07) is 11.0. The molecule has 3 nitrogen and oxygen atoms in total. The molecule has 0 saturated carbocycles. The van der Waals surface area contributed by atoms with Crippen molar-refractivity contribution in [3.63, 3.8) is 0 Å². The van der Waals surface area contributed by atoms with E-state index in [0.717, 1.165) is 15.6 Å². The van der Waals surface area contributed by atoms with Crippen LogP contribution in [0, 0.1) is 5.82 Å². The molecule has 1 aliphatic rings. The van der Waals surface area contributed by atoms with Crippen LogP contribution in [-0.2, 0) is 17.8 Å². The summed E-state index contributed by atoms with van der Waals surface area (Å²) in [4.78, 5) is 11.4. The number of fused-ring (bicyclic) bond motifs is 1. The van der Waals surface area contributed by atoms with E-state index in [4.69, 9.17) is 0 Å². The van der Waals surface area contributed by atoms with Crippen molar-refractivity contribution in [1.82, 2.24) is 0 Å². The number of amides is 1. The molecule has 21 heavy (non-hydrogen) atoms. The van der Waals surface area contributed by atoms with E-state index in [1.807, 2.05) is 24.3 Å². The number of carbonyl (C=O) groups is 1. The van der Waals surface area contributed by atoms with Gasteiger partial charge in [0.1, 0.15) is 5.82 Å². The standard InChI is InChI=1S/C16H14BrFN2O/c17-12-3-1-2-10(6-12)9-19-15-8-14-11(7-13(15)18)4-5-16(21)20-14/h1-3,6-8,19H,4-5,9H2,(H,20,21). The molecule has 108 valence electrons. The molecule has 2 aromatic rings. The number of nitrogens with one attached hydrogen (secondary N) is 2. The highest BCUT2D eigenvalue weighted by Gasteiger charge is 2.17. The van der Waals surface area contributed by atoms with Crippen molar-refractivity contribution in [2.75, 3.05) is 10.6 Å². The zero-order valence-electron chi connectivity index (χ0n) is 11.2. The molecule has 0 unspecified atom stereocenters. The SMILES string of the molecule is O=C1CCc2cc(F)c(NCc3cccc(Br)c3)cc2N1. The Bertz CT molecular complexity index is 703. The first-order chi connectivity index (χ1) is 10.1. The van der Waals surface area contributed by atoms with Crippen molar-refractivity contribution in [2.45, 2.75) is 19.4 Å². The minimum atomic E-state index is -0.292. The van der Waals surface area contributed by atoms with E-state index >= 15 is 0 Å². The number of carbonyl (C=O) groups excluding carboxylic acids is 1. The van der Waals surface area contributed by atoms with Crippen LogP contribution in [0.25, 0.3) is 0 Å². The highest BCUT2D eigenvalue weighted by atomic mass is 79.9. The van der Waals surface area contributed by atoms with E-state index in [0.29, 0.717) is 30.8 Å². The lowest BCUT2D eigenvalue weighted by atomic mass is 10.0. The number of hydrogen-bond donors (Lipinski definition) is 2. The molecule has 0 fully saturated rings. The average molecular weight is 349 g/mol. The first-order valence-corrected chi connectivity index (χ1v) is 7.52. The Hall–Kier alpha value is -1.88. The summed E-state index contributed by atoms with van der Waals surface area (Å²) in [5.41, 5.74) is 2.99. The van der Waals surface area contributed by atoms with Crippen molar-refractivity contribution >= 4 is 33.2 Å². The van der Waals surface area contributed by atoms with E-state index < -0.39 is 0 Å². The molecule has 1 aliphatic heterocycles. The molecule has 0 spiro atoms. The number of benzene rings is 2. The smallest absolute Gasteiger partial charge is 0.224 e. The fourth-order valence-corrected chi connectivity index (χ4v) is 2.82. The van der Waals surface area contributed by atoms with E-state index in [2.05, 4.69) is 26.6 Å². The van der Waals surface area contributed by atoms with Crippen molar-refractivity contribution < 1.29 is 9.18 Å². The molecule has 1 heterocycles. The molecule has 0 bridgehead atoms. The van der Waals surface area contributed by atoms with E-state index in [9.17, 15) is 9.18 Å². The Morgan fingerprint density at radius 3 is 2.90 bits per heavy atom. The first kappa shape index (κ1) is 14.1. The van der Waals surface area contributed by atoms with Crippen LogP contribution in [0.1, 0.15) is 17.5 Å². The Kier molecular flexibility index (Phi) is 3.92. The summed E-state index contributed by atoms with van der Waals surface area (Å²) in [5.74, 6) is -0.313. The van der Waals surface area contributed by atoms with Gasteiger partial charge in [-0.15, -0.1) is 0 Å². The average Bonchev–Trinajstić information content (AvgIpc) is 2.45. The molecular formula is C16H14BrFN2O. The maximum atomic E-state index is 14.1. The monoisotopic (exact) mass is 348 g/mol. The van der Waals surface area contributed by atoms with Gasteiger partial charge in [0.25, 0.3) is 0 Å². The predicted molar refractivity (Wildman–Crippen MR) is 84.8 cm³/mol. The van der Waals surface area contributed by atoms with Crippen LogP contribution in [0.4, 0.5) is 15.8 Å². The zero-order valence-corrected chi connectivity index (χ0v) is 12.8. The van der Waals surface area contributed by atoms with Crippen LogP contribution in [0.3, 0.4) is 0 Å². The van der Waals surface area contributed by atoms with Crippen LogP contribution < -0.4 is 10.6 Å². The molecule has 0 saturated heterocycles. The topological polar surface area (TPSA) is 41.1 Å². The van der Waals surface area contributed by atoms with Gasteiger partial charge in [-0.1, -0.05) is 28.1 Å². The quantitative estimate of drug-likeness (QED) is 0.877. The van der Waals surface area contributed by atoms with Crippen LogP contribution >= 0.6 is 15.9 Å². The normalized spacial score (nSPS) is 13.5. The maximum absolute atomic E-state index is 14.1. The highest BCUT2D eigenvalue weighted by molar-refractivity contribution is 9.10. The summed E-state index contributed by atoms with van der Waals surface area (Å²) >= 11 is 3.41. The third-order valence-corrected chi connectivity index (χ3v) is 3.95. The van der Waals surface area contributed by atoms with E-state index in [1.54, 1.807) is 6.07 Å². The molecule has 0 aliphatic carbocycles. The van der Waals surface area contributed by atoms with Gasteiger partial charge in [-0.3, -0.25) is 4.79 Å². The largest absolute Gasteiger partial charge is 0.379 e. The Balaban J connectivity index is 1.79. The minimum Gasteiger partial charge on any atom is -0.379 e. The van der Waals surface area contributed by atoms with Gasteiger partial charge in [0.05, 0.1) is 5.69 Å². The molecule has 2 N–H and O–H groups in total. The van der Waals surface area contributed by atoms with Crippen LogP contribution in [0.5, 0.6) is 0 Å². The van der Waals surface area contributed by atoms with Crippen molar-refractivity contribution in [3.8, 4) is 0 Å². The molecule has 1 amide bonds. The number of hydrogen-bond acceptors (Lipinski definition) is 2. The molecule has 0 radical (unpaired) electrons. The Labute approximate surface area is 130 Å². The van der Waals surface area contributed by atoms with Crippen molar-refractivity contribution in [2.24, 2.45) is 0 Å². The summed E-state index contributed by atoms with van der Waals surface area (Å²) in [6.07, 6.45) is 1.00. The molecular weight excluding hydrogens is 335 g/mol. The van der Waals surface area contributed by atoms with Gasteiger partial charge in [0.15, 0.2) is 0 Å². The lowest BCUT2D eigenvalue weighted by Gasteiger charge is -2.19. The van der Waals surface area contributed by atoms with E-state index in [1.165, 1.54) is 6.07 Å². The van der Waals surface area contributed by atoms with Gasteiger partial charge >= 0.3 is 0 Å². The number of aryl methyl sites for hydroxylation is 1. The third-order valence-electron chi connectivity index (χ3n) is 3.46. The second kappa shape index (κ2) is 5.85. The molecule has 2 aromatic carbocycles. The van der Waals surface area contributed by atoms with Crippen molar-refractivity contribution in [3.05, 3.63) is 57.8 Å². The van der Waals surface area contributed by atoms with Crippen LogP contribution in [0.2, 0.25) is 0 Å². The minimum absolute atomic E-state index is 0.0213. The van der Waals surface area contributed by atoms with Gasteiger partial charge < -0.3 is 10.6 Å². The van der Waals surface area contributed by atoms with Crippen molar-refractivity contribution in [1.29, 1.82) is 0 Å². The van der Waals surface area contributed by atoms with Crippen LogP contribution in [0.15, 0.2) is 40.9 Å². The van der Waals surface area contributed by atoms with Crippen LogP contribution in [-0.4, -0.2) is 5.91 Å². The van der Waals surface area contributed by atoms with Gasteiger partial charge in [0.2, 0.25) is 5.91 Å². The number of rotatable bonds is 3. The summed E-state index contributed by atoms with van der Waals surface area (Å²) < 4.78 is 15.1. The highest BCUT2D eigenvalue weighted by Crippen LogP contribution is 2.29. The zero-order chi connectivity index (χ0) is 14.8. The first-order valence-electron chi connectivity index (χ1n) is 6.72. The third kappa shape index (κ3) is 3.24. The Morgan fingerprint density at radius 1 is 1.24 bits per heavy atom. The van der Waals surface area contributed by atoms with Gasteiger partial charge in [-0.05, 0) is 41.8 Å². The maximum Gasteiger partial charge on any atom is 0.224 e. The molecule has 3 rings (SSSR count). The Morgan fingerprint density at radius 2 is 2.10 bits per heavy atom. The molecule has 0 aromatic heterocycles. The number of halogens is 2. The second-order valence-corrected chi connectivity index (χ2v) is 5.94. The number of anilines is 2. The lowest BCUT2D eigenvalue weighted by Crippen LogP contribution is -2.19. The summed E-state index contributed by atoms with van der Waals surface area (Å²) in [7, 11) is 0. The fraction of sp³-hybridized carbons (Fsp3) is 0.188. The predicted octanol–water partition coefficient (Wildman–Crippen LogP) is 4.09. The molecule has 0 atom stereocenters. The molecule has 5 heteroatoms. The van der Waals surface area contributed by atoms with Gasteiger partial charge in [0, 0.05) is 23.1 Å². The van der Waals surface area contributed by atoms with Gasteiger partial charge in [-0.25, -0.2) is 4.39 Å². The van der Waals surface area contributed by atoms with E-state index in [-0.39, 0.29) is 11.7 Å².